The molecule has 1 N–H and O–H groups in total. The Labute approximate surface area is 151 Å². The van der Waals surface area contributed by atoms with Gasteiger partial charge in [0.15, 0.2) is 5.76 Å². The second-order valence-corrected chi connectivity index (χ2v) is 7.32. The molecule has 2 aliphatic rings. The van der Waals surface area contributed by atoms with Crippen molar-refractivity contribution in [2.45, 2.75) is 31.3 Å². The van der Waals surface area contributed by atoms with Crippen molar-refractivity contribution < 1.29 is 18.4 Å². The molecule has 5 rings (SSSR count). The van der Waals surface area contributed by atoms with Gasteiger partial charge < -0.3 is 14.2 Å². The normalized spacial score (nSPS) is 22.1. The van der Waals surface area contributed by atoms with Crippen LogP contribution >= 0.6 is 11.3 Å². The lowest BCUT2D eigenvalue weighted by molar-refractivity contribution is -0.132. The van der Waals surface area contributed by atoms with Crippen molar-refractivity contribution in [3.05, 3.63) is 46.2 Å². The molecule has 1 atom stereocenters. The van der Waals surface area contributed by atoms with Gasteiger partial charge >= 0.3 is 6.03 Å². The first-order chi connectivity index (χ1) is 12.7. The maximum Gasteiger partial charge on any atom is 0.325 e. The lowest BCUT2D eigenvalue weighted by Gasteiger charge is -2.31. The maximum atomic E-state index is 13.1. The highest BCUT2D eigenvalue weighted by Gasteiger charge is 2.54. The van der Waals surface area contributed by atoms with Gasteiger partial charge in [-0.2, -0.15) is 0 Å². The Kier molecular flexibility index (Phi) is 3.26. The van der Waals surface area contributed by atoms with Crippen LogP contribution in [0.2, 0.25) is 0 Å². The van der Waals surface area contributed by atoms with Crippen LogP contribution in [0.5, 0.6) is 0 Å². The summed E-state index contributed by atoms with van der Waals surface area (Å²) >= 11 is 1.62. The van der Waals surface area contributed by atoms with Crippen molar-refractivity contribution in [2.75, 3.05) is 0 Å². The first-order valence-electron chi connectivity index (χ1n) is 8.24. The van der Waals surface area contributed by atoms with E-state index < -0.39 is 11.6 Å². The predicted octanol–water partition coefficient (Wildman–Crippen LogP) is 2.67. The zero-order valence-corrected chi connectivity index (χ0v) is 14.4. The number of hydrogen-bond acceptors (Lipinski definition) is 7. The molecule has 1 saturated heterocycles. The summed E-state index contributed by atoms with van der Waals surface area (Å²) in [4.78, 5) is 28.0. The Bertz CT molecular complexity index is 992. The molecule has 0 saturated carbocycles. The summed E-state index contributed by atoms with van der Waals surface area (Å²) in [5.41, 5.74) is -0.0504. The molecule has 1 spiro atoms. The summed E-state index contributed by atoms with van der Waals surface area (Å²) in [7, 11) is 0. The molecule has 0 aromatic carbocycles. The van der Waals surface area contributed by atoms with E-state index in [9.17, 15) is 9.59 Å². The average molecular weight is 370 g/mol. The number of imide groups is 1. The molecule has 0 radical (unpaired) electrons. The van der Waals surface area contributed by atoms with E-state index in [1.165, 1.54) is 6.26 Å². The summed E-state index contributed by atoms with van der Waals surface area (Å²) in [6.45, 7) is -0.0698. The molecule has 0 bridgehead atoms. The molecule has 9 heteroatoms. The summed E-state index contributed by atoms with van der Waals surface area (Å²) in [6.07, 6.45) is 3.89. The number of furan rings is 1. The fourth-order valence-corrected chi connectivity index (χ4v) is 4.64. The van der Waals surface area contributed by atoms with Crippen LogP contribution in [0.3, 0.4) is 0 Å². The van der Waals surface area contributed by atoms with E-state index in [1.54, 1.807) is 23.5 Å². The van der Waals surface area contributed by atoms with Crippen LogP contribution < -0.4 is 5.32 Å². The number of rotatable bonds is 3. The Morgan fingerprint density at radius 3 is 3.08 bits per heavy atom. The highest BCUT2D eigenvalue weighted by atomic mass is 32.1. The number of carbonyl (C=O) groups is 2. The molecule has 1 unspecified atom stereocenters. The second-order valence-electron chi connectivity index (χ2n) is 6.32. The summed E-state index contributed by atoms with van der Waals surface area (Å²) < 4.78 is 10.7. The summed E-state index contributed by atoms with van der Waals surface area (Å²) in [5, 5.41) is 12.7. The number of aryl methyl sites for hydroxylation is 1. The third-order valence-corrected chi connectivity index (χ3v) is 5.81. The minimum atomic E-state index is -0.964. The van der Waals surface area contributed by atoms with Crippen LogP contribution in [0.25, 0.3) is 11.7 Å². The zero-order valence-electron chi connectivity index (χ0n) is 13.6. The number of aromatic nitrogens is 2. The topological polar surface area (TPSA) is 101 Å². The Hall–Kier alpha value is -2.94. The standard InChI is InChI=1S/C17H14N4O4S/c22-15-17(6-1-4-12-10(17)5-8-26-12)18-16(23)21(15)9-13-19-20-14(25-13)11-3-2-7-24-11/h2-3,5,7-8H,1,4,6,9H2,(H,18,23). The van der Waals surface area contributed by atoms with Gasteiger partial charge in [0.25, 0.3) is 11.8 Å². The van der Waals surface area contributed by atoms with Crippen LogP contribution in [-0.2, 0) is 23.3 Å². The maximum absolute atomic E-state index is 13.1. The lowest BCUT2D eigenvalue weighted by atomic mass is 9.80. The monoisotopic (exact) mass is 370 g/mol. The van der Waals surface area contributed by atoms with Gasteiger partial charge in [-0.05, 0) is 42.8 Å². The van der Waals surface area contributed by atoms with Crippen molar-refractivity contribution in [3.63, 3.8) is 0 Å². The summed E-state index contributed by atoms with van der Waals surface area (Å²) in [5.74, 6) is 0.565. The fourth-order valence-electron chi connectivity index (χ4n) is 3.64. The van der Waals surface area contributed by atoms with Gasteiger partial charge in [-0.15, -0.1) is 21.5 Å². The van der Waals surface area contributed by atoms with Gasteiger partial charge in [0.1, 0.15) is 12.1 Å². The average Bonchev–Trinajstić information content (AvgIpc) is 3.41. The molecule has 3 amide bonds. The summed E-state index contributed by atoms with van der Waals surface area (Å²) in [6, 6.07) is 4.90. The number of amides is 3. The smallest absolute Gasteiger partial charge is 0.325 e. The van der Waals surface area contributed by atoms with Gasteiger partial charge in [-0.25, -0.2) is 4.79 Å². The Morgan fingerprint density at radius 2 is 2.23 bits per heavy atom. The van der Waals surface area contributed by atoms with Crippen molar-refractivity contribution in [2.24, 2.45) is 0 Å². The van der Waals surface area contributed by atoms with Crippen LogP contribution in [0.15, 0.2) is 38.7 Å². The van der Waals surface area contributed by atoms with Gasteiger partial charge in [-0.3, -0.25) is 9.69 Å². The zero-order chi connectivity index (χ0) is 17.7. The fraction of sp³-hybridized carbons (Fsp3) is 0.294. The molecule has 3 aromatic rings. The molecular formula is C17H14N4O4S. The van der Waals surface area contributed by atoms with Crippen molar-refractivity contribution >= 4 is 23.3 Å². The molecule has 1 aliphatic heterocycles. The second kappa shape index (κ2) is 5.53. The molecular weight excluding hydrogens is 356 g/mol. The number of nitrogens with one attached hydrogen (secondary N) is 1. The van der Waals surface area contributed by atoms with E-state index in [0.717, 1.165) is 28.2 Å². The first-order valence-corrected chi connectivity index (χ1v) is 9.12. The first kappa shape index (κ1) is 15.3. The van der Waals surface area contributed by atoms with Gasteiger partial charge in [0, 0.05) is 10.4 Å². The van der Waals surface area contributed by atoms with Crippen LogP contribution in [0.1, 0.15) is 29.2 Å². The largest absolute Gasteiger partial charge is 0.459 e. The SMILES string of the molecule is O=C1NC2(CCCc3sccc32)C(=O)N1Cc1nnc(-c2ccco2)o1. The van der Waals surface area contributed by atoms with Crippen LogP contribution in [0, 0.1) is 0 Å². The third-order valence-electron chi connectivity index (χ3n) is 4.83. The molecule has 8 nitrogen and oxygen atoms in total. The van der Waals surface area contributed by atoms with Gasteiger partial charge in [0.2, 0.25) is 5.89 Å². The van der Waals surface area contributed by atoms with Gasteiger partial charge in [-0.1, -0.05) is 0 Å². The molecule has 1 aliphatic carbocycles. The van der Waals surface area contributed by atoms with E-state index in [1.807, 2.05) is 11.4 Å². The minimum absolute atomic E-state index is 0.0698. The quantitative estimate of drug-likeness (QED) is 0.711. The molecule has 132 valence electrons. The number of nitrogens with zero attached hydrogens (tertiary/aromatic N) is 3. The van der Waals surface area contributed by atoms with Crippen molar-refractivity contribution in [3.8, 4) is 11.7 Å². The number of hydrogen-bond donors (Lipinski definition) is 1. The molecule has 3 aromatic heterocycles. The van der Waals surface area contributed by atoms with Crippen molar-refractivity contribution in [1.29, 1.82) is 0 Å². The number of thiophene rings is 1. The van der Waals surface area contributed by atoms with Crippen LogP contribution in [-0.4, -0.2) is 27.0 Å². The lowest BCUT2D eigenvalue weighted by Crippen LogP contribution is -2.46. The number of fused-ring (bicyclic) bond motifs is 2. The predicted molar refractivity (Wildman–Crippen MR) is 90.0 cm³/mol. The van der Waals surface area contributed by atoms with E-state index in [2.05, 4.69) is 15.5 Å². The van der Waals surface area contributed by atoms with E-state index in [-0.39, 0.29) is 24.2 Å². The van der Waals surface area contributed by atoms with Crippen molar-refractivity contribution in [1.82, 2.24) is 20.4 Å². The Morgan fingerprint density at radius 1 is 1.31 bits per heavy atom. The highest BCUT2D eigenvalue weighted by Crippen LogP contribution is 2.42. The van der Waals surface area contributed by atoms with E-state index in [4.69, 9.17) is 8.83 Å². The van der Waals surface area contributed by atoms with E-state index >= 15 is 0 Å². The molecule has 4 heterocycles. The van der Waals surface area contributed by atoms with E-state index in [0.29, 0.717) is 12.2 Å². The number of urea groups is 1. The molecule has 26 heavy (non-hydrogen) atoms. The Balaban J connectivity index is 1.43. The highest BCUT2D eigenvalue weighted by molar-refractivity contribution is 7.10. The minimum Gasteiger partial charge on any atom is -0.459 e. The van der Waals surface area contributed by atoms with Crippen LogP contribution in [0.4, 0.5) is 4.79 Å². The molecule has 1 fully saturated rings. The third kappa shape index (κ3) is 2.13. The van der Waals surface area contributed by atoms with Gasteiger partial charge in [0.05, 0.1) is 6.26 Å². The number of carbonyl (C=O) groups excluding carboxylic acids is 2.